The first kappa shape index (κ1) is 18.2. The fourth-order valence-corrected chi connectivity index (χ4v) is 3.42. The molecule has 0 aliphatic rings. The van der Waals surface area contributed by atoms with Crippen molar-refractivity contribution in [1.29, 1.82) is 0 Å². The molecule has 3 aromatic rings. The second-order valence-electron chi connectivity index (χ2n) is 5.51. The molecule has 1 aromatic heterocycles. The number of carbonyl (C=O) groups excluding carboxylic acids is 1. The maximum absolute atomic E-state index is 12.4. The van der Waals surface area contributed by atoms with Crippen molar-refractivity contribution >= 4 is 49.7 Å². The Morgan fingerprint density at radius 1 is 1.15 bits per heavy atom. The third-order valence-electron chi connectivity index (χ3n) is 3.59. The monoisotopic (exact) mass is 430 g/mol. The topological polar surface area (TPSA) is 83.4 Å². The number of rotatable bonds is 6. The van der Waals surface area contributed by atoms with Gasteiger partial charge in [0.2, 0.25) is 0 Å². The van der Waals surface area contributed by atoms with Gasteiger partial charge >= 0.3 is 0 Å². The Morgan fingerprint density at radius 3 is 2.50 bits per heavy atom. The molecule has 0 aliphatic heterocycles. The van der Waals surface area contributed by atoms with E-state index in [1.165, 1.54) is 11.3 Å². The van der Waals surface area contributed by atoms with Crippen LogP contribution in [0.1, 0.15) is 20.9 Å². The van der Waals surface area contributed by atoms with Crippen molar-refractivity contribution < 1.29 is 4.79 Å². The highest BCUT2D eigenvalue weighted by Crippen LogP contribution is 2.26. The number of halogens is 1. The zero-order valence-corrected chi connectivity index (χ0v) is 16.2. The number of amides is 1. The summed E-state index contributed by atoms with van der Waals surface area (Å²) in [6.45, 7) is 2.17. The molecule has 0 radical (unpaired) electrons. The van der Waals surface area contributed by atoms with Gasteiger partial charge in [0, 0.05) is 16.7 Å². The Hall–Kier alpha value is -2.58. The summed E-state index contributed by atoms with van der Waals surface area (Å²) in [7, 11) is 0. The number of aromatic nitrogens is 1. The predicted molar refractivity (Wildman–Crippen MR) is 107 cm³/mol. The number of aryl methyl sites for hydroxylation is 1. The van der Waals surface area contributed by atoms with E-state index < -0.39 is 0 Å². The van der Waals surface area contributed by atoms with Crippen molar-refractivity contribution in [2.75, 3.05) is 5.32 Å². The van der Waals surface area contributed by atoms with Crippen LogP contribution in [0.5, 0.6) is 0 Å². The molecule has 0 saturated heterocycles. The van der Waals surface area contributed by atoms with Crippen LogP contribution < -0.4 is 10.6 Å². The lowest BCUT2D eigenvalue weighted by Crippen LogP contribution is -2.22. The van der Waals surface area contributed by atoms with Crippen LogP contribution in [0.2, 0.25) is 0 Å². The van der Waals surface area contributed by atoms with Gasteiger partial charge in [0.25, 0.3) is 5.91 Å². The minimum Gasteiger partial charge on any atom is -0.347 e. The number of benzene rings is 2. The summed E-state index contributed by atoms with van der Waals surface area (Å²) in [6.07, 6.45) is 0. The Morgan fingerprint density at radius 2 is 1.85 bits per heavy atom. The van der Waals surface area contributed by atoms with E-state index in [4.69, 9.17) is 0 Å². The summed E-state index contributed by atoms with van der Waals surface area (Å²) >= 11 is 4.70. The van der Waals surface area contributed by atoms with Crippen molar-refractivity contribution in [3.05, 3.63) is 74.0 Å². The fourth-order valence-electron chi connectivity index (χ4n) is 2.25. The average molecular weight is 431 g/mol. The van der Waals surface area contributed by atoms with E-state index in [2.05, 4.69) is 36.7 Å². The quantitative estimate of drug-likeness (QED) is 0.520. The summed E-state index contributed by atoms with van der Waals surface area (Å²) in [5.41, 5.74) is 2.83. The minimum atomic E-state index is -0.179. The molecule has 1 amide bonds. The Bertz CT molecular complexity index is 923. The van der Waals surface area contributed by atoms with Gasteiger partial charge in [-0.1, -0.05) is 39.4 Å². The van der Waals surface area contributed by atoms with Crippen LogP contribution in [0.4, 0.5) is 16.5 Å². The van der Waals surface area contributed by atoms with Crippen LogP contribution in [0.15, 0.2) is 58.2 Å². The van der Waals surface area contributed by atoms with Gasteiger partial charge in [0.15, 0.2) is 5.13 Å². The first-order valence-corrected chi connectivity index (χ1v) is 9.36. The van der Waals surface area contributed by atoms with Crippen molar-refractivity contribution in [3.63, 3.8) is 0 Å². The lowest BCUT2D eigenvalue weighted by atomic mass is 10.2. The third kappa shape index (κ3) is 4.53. The van der Waals surface area contributed by atoms with Crippen LogP contribution in [-0.4, -0.2) is 10.9 Å². The summed E-state index contributed by atoms with van der Waals surface area (Å²) < 4.78 is 0.996. The molecule has 0 bridgehead atoms. The van der Waals surface area contributed by atoms with Gasteiger partial charge in [-0.05, 0) is 54.1 Å². The normalized spacial score (nSPS) is 10.4. The van der Waals surface area contributed by atoms with Crippen LogP contribution in [0.3, 0.4) is 0 Å². The van der Waals surface area contributed by atoms with Gasteiger partial charge in [-0.2, -0.15) is 0 Å². The van der Waals surface area contributed by atoms with Gasteiger partial charge in [-0.3, -0.25) is 4.79 Å². The van der Waals surface area contributed by atoms with E-state index in [1.54, 1.807) is 24.3 Å². The van der Waals surface area contributed by atoms with Gasteiger partial charge in [0.05, 0.1) is 5.69 Å². The third-order valence-corrected chi connectivity index (χ3v) is 5.19. The van der Waals surface area contributed by atoms with Crippen LogP contribution in [0.25, 0.3) is 0 Å². The molecule has 3 rings (SSSR count). The standard InChI is InChI=1S/C18H15BrN4O2S/c1-11-16(17(24)20-10-12-2-6-15(23-25)7-3-12)26-18(21-11)22-14-8-4-13(19)5-9-14/h2-9H,10H2,1H3,(H,20,24)(H,21,22). The lowest BCUT2D eigenvalue weighted by molar-refractivity contribution is 0.0954. The zero-order valence-electron chi connectivity index (χ0n) is 13.8. The highest BCUT2D eigenvalue weighted by molar-refractivity contribution is 9.10. The number of hydrogen-bond donors (Lipinski definition) is 2. The zero-order chi connectivity index (χ0) is 18.5. The van der Waals surface area contributed by atoms with Crippen LogP contribution in [-0.2, 0) is 6.54 Å². The van der Waals surface area contributed by atoms with E-state index in [0.717, 1.165) is 15.7 Å². The van der Waals surface area contributed by atoms with E-state index >= 15 is 0 Å². The van der Waals surface area contributed by atoms with Crippen molar-refractivity contribution in [1.82, 2.24) is 10.3 Å². The molecule has 132 valence electrons. The highest BCUT2D eigenvalue weighted by atomic mass is 79.9. The van der Waals surface area contributed by atoms with Crippen molar-refractivity contribution in [2.24, 2.45) is 5.18 Å². The Kier molecular flexibility index (Phi) is 5.75. The first-order valence-electron chi connectivity index (χ1n) is 7.75. The summed E-state index contributed by atoms with van der Waals surface area (Å²) in [5.74, 6) is -0.179. The maximum Gasteiger partial charge on any atom is 0.263 e. The van der Waals surface area contributed by atoms with Crippen LogP contribution in [0, 0.1) is 11.8 Å². The fraction of sp³-hybridized carbons (Fsp3) is 0.111. The first-order chi connectivity index (χ1) is 12.5. The summed E-state index contributed by atoms with van der Waals surface area (Å²) in [4.78, 5) is 27.8. The molecule has 0 aliphatic carbocycles. The van der Waals surface area contributed by atoms with Gasteiger partial charge in [-0.25, -0.2) is 4.98 Å². The van der Waals surface area contributed by atoms with Crippen LogP contribution >= 0.6 is 27.3 Å². The Labute approximate surface area is 162 Å². The molecule has 2 aromatic carbocycles. The molecule has 0 saturated carbocycles. The number of nitrogens with zero attached hydrogens (tertiary/aromatic N) is 2. The number of nitrogens with one attached hydrogen (secondary N) is 2. The molecule has 0 spiro atoms. The molecule has 0 atom stereocenters. The van der Waals surface area contributed by atoms with Crippen molar-refractivity contribution in [2.45, 2.75) is 13.5 Å². The number of nitroso groups, excluding NO2 is 1. The molecular formula is C18H15BrN4O2S. The highest BCUT2D eigenvalue weighted by Gasteiger charge is 2.15. The molecule has 1 heterocycles. The largest absolute Gasteiger partial charge is 0.347 e. The molecule has 26 heavy (non-hydrogen) atoms. The smallest absolute Gasteiger partial charge is 0.263 e. The summed E-state index contributed by atoms with van der Waals surface area (Å²) in [5, 5.41) is 9.59. The second-order valence-corrected chi connectivity index (χ2v) is 7.42. The average Bonchev–Trinajstić information content (AvgIpc) is 3.02. The number of anilines is 2. The second kappa shape index (κ2) is 8.20. The minimum absolute atomic E-state index is 0.179. The number of carbonyl (C=O) groups is 1. The van der Waals surface area contributed by atoms with Gasteiger partial charge in [-0.15, -0.1) is 4.91 Å². The van der Waals surface area contributed by atoms with Crippen molar-refractivity contribution in [3.8, 4) is 0 Å². The van der Waals surface area contributed by atoms with Gasteiger partial charge in [0.1, 0.15) is 10.6 Å². The van der Waals surface area contributed by atoms with E-state index in [0.29, 0.717) is 27.9 Å². The lowest BCUT2D eigenvalue weighted by Gasteiger charge is -2.04. The van der Waals surface area contributed by atoms with E-state index in [1.807, 2.05) is 31.2 Å². The van der Waals surface area contributed by atoms with E-state index in [9.17, 15) is 9.70 Å². The molecule has 6 nitrogen and oxygen atoms in total. The van der Waals surface area contributed by atoms with Gasteiger partial charge < -0.3 is 10.6 Å². The molecule has 2 N–H and O–H groups in total. The van der Waals surface area contributed by atoms with E-state index in [-0.39, 0.29) is 5.91 Å². The maximum atomic E-state index is 12.4. The Balaban J connectivity index is 1.64. The molecular weight excluding hydrogens is 416 g/mol. The number of thiazole rings is 1. The summed E-state index contributed by atoms with van der Waals surface area (Å²) in [6, 6.07) is 14.5. The number of hydrogen-bond acceptors (Lipinski definition) is 6. The SMILES string of the molecule is Cc1nc(Nc2ccc(Br)cc2)sc1C(=O)NCc1ccc(N=O)cc1. The molecule has 0 fully saturated rings. The predicted octanol–water partition coefficient (Wildman–Crippen LogP) is 5.29. The molecule has 8 heteroatoms. The molecule has 0 unspecified atom stereocenters.